The number of anilines is 1. The van der Waals surface area contributed by atoms with E-state index < -0.39 is 5.60 Å². The summed E-state index contributed by atoms with van der Waals surface area (Å²) in [6.07, 6.45) is 6.97. The van der Waals surface area contributed by atoms with Gasteiger partial charge in [-0.3, -0.25) is 0 Å². The molecule has 0 aromatic heterocycles. The summed E-state index contributed by atoms with van der Waals surface area (Å²) < 4.78 is 11.6. The van der Waals surface area contributed by atoms with Crippen LogP contribution in [0, 0.1) is 5.41 Å². The molecule has 1 saturated heterocycles. The number of benzene rings is 1. The molecule has 1 N–H and O–H groups in total. The van der Waals surface area contributed by atoms with Crippen molar-refractivity contribution < 1.29 is 14.3 Å². The lowest BCUT2D eigenvalue weighted by atomic mass is 9.64. The van der Waals surface area contributed by atoms with Crippen molar-refractivity contribution in [2.75, 3.05) is 31.6 Å². The van der Waals surface area contributed by atoms with Crippen molar-refractivity contribution >= 4 is 11.8 Å². The van der Waals surface area contributed by atoms with E-state index in [1.54, 1.807) is 0 Å². The molecule has 154 valence electrons. The van der Waals surface area contributed by atoms with Crippen LogP contribution >= 0.6 is 0 Å². The van der Waals surface area contributed by atoms with Crippen LogP contribution in [0.4, 0.5) is 10.5 Å². The van der Waals surface area contributed by atoms with E-state index in [1.807, 2.05) is 25.7 Å². The standard InChI is InChI=1S/C23H34N2O3/c1-22(2,3)28-21(26)25-14-11-23(12-15-25)9-7-17(8-10-23)18-5-4-6-19-20(18)27-16-13-24-19/h4-6,17,24H,7-16H2,1-3H3. The fourth-order valence-electron chi connectivity index (χ4n) is 5.05. The van der Waals surface area contributed by atoms with Crippen LogP contribution < -0.4 is 10.1 Å². The molecule has 0 bridgehead atoms. The Labute approximate surface area is 168 Å². The molecule has 1 saturated carbocycles. The number of hydrogen-bond donors (Lipinski definition) is 1. The van der Waals surface area contributed by atoms with Gasteiger partial charge in [-0.2, -0.15) is 0 Å². The lowest BCUT2D eigenvalue weighted by molar-refractivity contribution is 0.00341. The first-order valence-corrected chi connectivity index (χ1v) is 10.8. The Hall–Kier alpha value is -1.91. The molecule has 2 heterocycles. The van der Waals surface area contributed by atoms with Crippen LogP contribution in [0.1, 0.15) is 70.8 Å². The quantitative estimate of drug-likeness (QED) is 0.724. The monoisotopic (exact) mass is 386 g/mol. The summed E-state index contributed by atoms with van der Waals surface area (Å²) in [6.45, 7) is 9.08. The zero-order chi connectivity index (χ0) is 19.8. The maximum atomic E-state index is 12.3. The molecule has 0 atom stereocenters. The Morgan fingerprint density at radius 3 is 2.57 bits per heavy atom. The fraction of sp³-hybridized carbons (Fsp3) is 0.696. The highest BCUT2D eigenvalue weighted by Gasteiger charge is 2.40. The molecule has 4 rings (SSSR count). The number of piperidine rings is 1. The molecule has 0 unspecified atom stereocenters. The van der Waals surface area contributed by atoms with Gasteiger partial charge in [0.25, 0.3) is 0 Å². The molecule has 1 spiro atoms. The Morgan fingerprint density at radius 2 is 1.89 bits per heavy atom. The third-order valence-electron chi connectivity index (χ3n) is 6.67. The molecule has 0 radical (unpaired) electrons. The van der Waals surface area contributed by atoms with Gasteiger partial charge >= 0.3 is 6.09 Å². The first-order chi connectivity index (χ1) is 13.4. The molecule has 1 aromatic carbocycles. The van der Waals surface area contributed by atoms with Crippen molar-refractivity contribution in [3.8, 4) is 5.75 Å². The highest BCUT2D eigenvalue weighted by Crippen LogP contribution is 2.51. The van der Waals surface area contributed by atoms with Gasteiger partial charge < -0.3 is 19.7 Å². The van der Waals surface area contributed by atoms with Gasteiger partial charge in [0.1, 0.15) is 18.0 Å². The number of ether oxygens (including phenoxy) is 2. The molecule has 5 heteroatoms. The molecule has 28 heavy (non-hydrogen) atoms. The van der Waals surface area contributed by atoms with Crippen LogP contribution in [0.2, 0.25) is 0 Å². The predicted molar refractivity (Wildman–Crippen MR) is 111 cm³/mol. The van der Waals surface area contributed by atoms with Crippen molar-refractivity contribution in [3.05, 3.63) is 23.8 Å². The number of hydrogen-bond acceptors (Lipinski definition) is 4. The lowest BCUT2D eigenvalue weighted by Gasteiger charge is -2.46. The van der Waals surface area contributed by atoms with Crippen LogP contribution in [0.5, 0.6) is 5.75 Å². The lowest BCUT2D eigenvalue weighted by Crippen LogP contribution is -2.46. The summed E-state index contributed by atoms with van der Waals surface area (Å²) in [4.78, 5) is 14.2. The van der Waals surface area contributed by atoms with E-state index in [9.17, 15) is 4.79 Å². The van der Waals surface area contributed by atoms with Gasteiger partial charge in [0.05, 0.1) is 5.69 Å². The second-order valence-electron chi connectivity index (χ2n) is 9.74. The molecule has 3 aliphatic rings. The molecule has 1 amide bonds. The maximum absolute atomic E-state index is 12.3. The maximum Gasteiger partial charge on any atom is 0.410 e. The Kier molecular flexibility index (Phi) is 5.19. The van der Waals surface area contributed by atoms with E-state index >= 15 is 0 Å². The van der Waals surface area contributed by atoms with E-state index in [-0.39, 0.29) is 6.09 Å². The van der Waals surface area contributed by atoms with Crippen molar-refractivity contribution in [3.63, 3.8) is 0 Å². The van der Waals surface area contributed by atoms with E-state index in [0.29, 0.717) is 11.3 Å². The van der Waals surface area contributed by atoms with Crippen LogP contribution in [0.3, 0.4) is 0 Å². The summed E-state index contributed by atoms with van der Waals surface area (Å²) >= 11 is 0. The molecule has 1 aliphatic carbocycles. The minimum atomic E-state index is -0.421. The molecule has 2 fully saturated rings. The number of amides is 1. The number of likely N-dealkylation sites (tertiary alicyclic amines) is 1. The highest BCUT2D eigenvalue weighted by molar-refractivity contribution is 5.68. The minimum Gasteiger partial charge on any atom is -0.489 e. The summed E-state index contributed by atoms with van der Waals surface area (Å²) in [6, 6.07) is 6.52. The van der Waals surface area contributed by atoms with E-state index in [0.717, 1.165) is 50.5 Å². The van der Waals surface area contributed by atoms with E-state index in [2.05, 4.69) is 23.5 Å². The number of carbonyl (C=O) groups excluding carboxylic acids is 1. The Morgan fingerprint density at radius 1 is 1.18 bits per heavy atom. The first-order valence-electron chi connectivity index (χ1n) is 10.8. The van der Waals surface area contributed by atoms with Crippen molar-refractivity contribution in [1.29, 1.82) is 0 Å². The van der Waals surface area contributed by atoms with Crippen molar-refractivity contribution in [2.45, 2.75) is 70.8 Å². The minimum absolute atomic E-state index is 0.156. The number of nitrogens with zero attached hydrogens (tertiary/aromatic N) is 1. The zero-order valence-corrected chi connectivity index (χ0v) is 17.6. The molecule has 5 nitrogen and oxygen atoms in total. The number of rotatable bonds is 1. The smallest absolute Gasteiger partial charge is 0.410 e. The van der Waals surface area contributed by atoms with Crippen molar-refractivity contribution in [2.24, 2.45) is 5.41 Å². The number of carbonyl (C=O) groups is 1. The normalized spacial score (nSPS) is 22.2. The van der Waals surface area contributed by atoms with Gasteiger partial charge in [-0.05, 0) is 82.3 Å². The molecular weight excluding hydrogens is 352 g/mol. The highest BCUT2D eigenvalue weighted by atomic mass is 16.6. The Balaban J connectivity index is 1.35. The summed E-state index contributed by atoms with van der Waals surface area (Å²) in [5, 5.41) is 3.46. The molecular formula is C23H34N2O3. The summed E-state index contributed by atoms with van der Waals surface area (Å²) in [7, 11) is 0. The van der Waals surface area contributed by atoms with Gasteiger partial charge in [0, 0.05) is 19.6 Å². The second kappa shape index (κ2) is 7.49. The van der Waals surface area contributed by atoms with Crippen LogP contribution in [-0.2, 0) is 4.74 Å². The van der Waals surface area contributed by atoms with Gasteiger partial charge in [0.15, 0.2) is 0 Å². The number of para-hydroxylation sites is 1. The van der Waals surface area contributed by atoms with Gasteiger partial charge in [-0.1, -0.05) is 12.1 Å². The van der Waals surface area contributed by atoms with Gasteiger partial charge in [-0.25, -0.2) is 4.79 Å². The zero-order valence-electron chi connectivity index (χ0n) is 17.6. The van der Waals surface area contributed by atoms with Crippen molar-refractivity contribution in [1.82, 2.24) is 4.90 Å². The topological polar surface area (TPSA) is 50.8 Å². The first kappa shape index (κ1) is 19.4. The van der Waals surface area contributed by atoms with Crippen LogP contribution in [0.25, 0.3) is 0 Å². The number of fused-ring (bicyclic) bond motifs is 1. The second-order valence-corrected chi connectivity index (χ2v) is 9.74. The van der Waals surface area contributed by atoms with Gasteiger partial charge in [-0.15, -0.1) is 0 Å². The Bertz CT molecular complexity index is 707. The molecule has 2 aliphatic heterocycles. The average molecular weight is 387 g/mol. The molecule has 1 aromatic rings. The van der Waals surface area contributed by atoms with Crippen LogP contribution in [0.15, 0.2) is 18.2 Å². The van der Waals surface area contributed by atoms with E-state index in [1.165, 1.54) is 31.2 Å². The van der Waals surface area contributed by atoms with Crippen LogP contribution in [-0.4, -0.2) is 42.8 Å². The van der Waals surface area contributed by atoms with Gasteiger partial charge in [0.2, 0.25) is 0 Å². The average Bonchev–Trinajstić information content (AvgIpc) is 2.67. The third-order valence-corrected chi connectivity index (χ3v) is 6.67. The third kappa shape index (κ3) is 4.08. The predicted octanol–water partition coefficient (Wildman–Crippen LogP) is 5.17. The van der Waals surface area contributed by atoms with E-state index in [4.69, 9.17) is 9.47 Å². The summed E-state index contributed by atoms with van der Waals surface area (Å²) in [5.41, 5.74) is 2.51. The SMILES string of the molecule is CC(C)(C)OC(=O)N1CCC2(CCC(c3cccc4c3OCCN4)CC2)CC1. The largest absolute Gasteiger partial charge is 0.489 e. The fourth-order valence-corrected chi connectivity index (χ4v) is 5.05. The number of nitrogens with one attached hydrogen (secondary N) is 1. The summed E-state index contributed by atoms with van der Waals surface area (Å²) in [5.74, 6) is 1.67.